The molecule has 1 aromatic heterocycles. The van der Waals surface area contributed by atoms with E-state index in [2.05, 4.69) is 65.6 Å². The molecular weight excluding hydrogens is 230 g/mol. The maximum atomic E-state index is 4.56. The Morgan fingerprint density at radius 3 is 1.79 bits per heavy atom. The van der Waals surface area contributed by atoms with Crippen molar-refractivity contribution in [2.75, 3.05) is 0 Å². The van der Waals surface area contributed by atoms with E-state index in [4.69, 9.17) is 0 Å². The summed E-state index contributed by atoms with van der Waals surface area (Å²) in [4.78, 5) is 4.56. The summed E-state index contributed by atoms with van der Waals surface area (Å²) in [5.41, 5.74) is 6.53. The number of aromatic nitrogens is 1. The topological polar surface area (TPSA) is 12.9 Å². The van der Waals surface area contributed by atoms with Gasteiger partial charge in [0.15, 0.2) is 0 Å². The zero-order valence-electron chi connectivity index (χ0n) is 10.5. The Bertz CT molecular complexity index is 686. The fraction of sp³-hybridized carbons (Fsp3) is 0.0556. The van der Waals surface area contributed by atoms with Gasteiger partial charge in [-0.1, -0.05) is 54.6 Å². The van der Waals surface area contributed by atoms with E-state index >= 15 is 0 Å². The van der Waals surface area contributed by atoms with Crippen LogP contribution in [0.15, 0.2) is 72.9 Å². The Labute approximate surface area is 112 Å². The molecule has 1 heterocycles. The van der Waals surface area contributed by atoms with E-state index in [1.807, 2.05) is 12.3 Å². The smallest absolute Gasteiger partial charge is 0.0525 e. The molecule has 1 aliphatic carbocycles. The van der Waals surface area contributed by atoms with Gasteiger partial charge in [0, 0.05) is 6.20 Å². The van der Waals surface area contributed by atoms with E-state index in [0.717, 1.165) is 5.69 Å². The summed E-state index contributed by atoms with van der Waals surface area (Å²) in [6.45, 7) is 0. The van der Waals surface area contributed by atoms with Crippen LogP contribution in [0.1, 0.15) is 22.7 Å². The third-order valence-corrected chi connectivity index (χ3v) is 3.82. The number of hydrogen-bond donors (Lipinski definition) is 0. The first-order chi connectivity index (χ1) is 9.45. The summed E-state index contributed by atoms with van der Waals surface area (Å²) in [7, 11) is 0. The number of nitrogens with zero attached hydrogens (tertiary/aromatic N) is 1. The predicted molar refractivity (Wildman–Crippen MR) is 77.1 cm³/mol. The summed E-state index contributed by atoms with van der Waals surface area (Å²) in [5, 5.41) is 0. The quantitative estimate of drug-likeness (QED) is 0.487. The molecule has 0 amide bonds. The Morgan fingerprint density at radius 1 is 0.632 bits per heavy atom. The van der Waals surface area contributed by atoms with Gasteiger partial charge in [-0.25, -0.2) is 0 Å². The molecule has 2 aromatic carbocycles. The molecule has 19 heavy (non-hydrogen) atoms. The summed E-state index contributed by atoms with van der Waals surface area (Å²) < 4.78 is 0. The second kappa shape index (κ2) is 4.06. The molecule has 1 aliphatic rings. The van der Waals surface area contributed by atoms with Crippen molar-refractivity contribution in [1.82, 2.24) is 4.98 Å². The second-order valence-electron chi connectivity index (χ2n) is 4.86. The summed E-state index contributed by atoms with van der Waals surface area (Å²) in [6.07, 6.45) is 1.87. The highest BCUT2D eigenvalue weighted by Gasteiger charge is 2.29. The van der Waals surface area contributed by atoms with E-state index in [1.54, 1.807) is 0 Å². The van der Waals surface area contributed by atoms with Gasteiger partial charge in [-0.15, -0.1) is 0 Å². The van der Waals surface area contributed by atoms with E-state index < -0.39 is 0 Å². The van der Waals surface area contributed by atoms with Crippen LogP contribution in [-0.4, -0.2) is 4.98 Å². The molecule has 0 spiro atoms. The highest BCUT2D eigenvalue weighted by Crippen LogP contribution is 2.46. The fourth-order valence-corrected chi connectivity index (χ4v) is 3.02. The lowest BCUT2D eigenvalue weighted by atomic mass is 9.93. The molecule has 90 valence electrons. The van der Waals surface area contributed by atoms with Crippen LogP contribution in [0.3, 0.4) is 0 Å². The largest absolute Gasteiger partial charge is 0.260 e. The Hall–Kier alpha value is -2.41. The third-order valence-electron chi connectivity index (χ3n) is 3.82. The van der Waals surface area contributed by atoms with Gasteiger partial charge < -0.3 is 0 Å². The van der Waals surface area contributed by atoms with Gasteiger partial charge in [0.25, 0.3) is 0 Å². The van der Waals surface area contributed by atoms with Crippen molar-refractivity contribution in [3.8, 4) is 11.1 Å². The molecule has 0 bridgehead atoms. The van der Waals surface area contributed by atoms with Gasteiger partial charge >= 0.3 is 0 Å². The molecule has 3 aromatic rings. The van der Waals surface area contributed by atoms with Crippen molar-refractivity contribution in [2.24, 2.45) is 0 Å². The predicted octanol–water partition coefficient (Wildman–Crippen LogP) is 4.24. The van der Waals surface area contributed by atoms with E-state index in [-0.39, 0.29) is 5.92 Å². The first kappa shape index (κ1) is 10.5. The lowest BCUT2D eigenvalue weighted by molar-refractivity contribution is 0.946. The molecule has 0 aliphatic heterocycles. The molecule has 0 saturated heterocycles. The SMILES string of the molecule is c1ccc(C2c3ccccc3-c3ccccc32)nc1. The maximum Gasteiger partial charge on any atom is 0.0525 e. The molecule has 1 nitrogen and oxygen atoms in total. The van der Waals surface area contributed by atoms with Crippen molar-refractivity contribution >= 4 is 0 Å². The van der Waals surface area contributed by atoms with Gasteiger partial charge in [0.2, 0.25) is 0 Å². The van der Waals surface area contributed by atoms with Crippen LogP contribution >= 0.6 is 0 Å². The van der Waals surface area contributed by atoms with Gasteiger partial charge in [-0.2, -0.15) is 0 Å². The maximum absolute atomic E-state index is 4.56. The van der Waals surface area contributed by atoms with Crippen LogP contribution in [0.5, 0.6) is 0 Å². The summed E-state index contributed by atoms with van der Waals surface area (Å²) in [6, 6.07) is 23.4. The zero-order valence-corrected chi connectivity index (χ0v) is 10.5. The average Bonchev–Trinajstić information content (AvgIpc) is 2.83. The van der Waals surface area contributed by atoms with Crippen LogP contribution in [0.2, 0.25) is 0 Å². The minimum Gasteiger partial charge on any atom is -0.260 e. The molecule has 0 radical (unpaired) electrons. The van der Waals surface area contributed by atoms with Gasteiger partial charge in [0.1, 0.15) is 0 Å². The van der Waals surface area contributed by atoms with E-state index in [9.17, 15) is 0 Å². The molecule has 4 rings (SSSR count). The standard InChI is InChI=1S/C18H13N/c1-3-9-15-13(7-1)14-8-2-4-10-16(14)18(15)17-11-5-6-12-19-17/h1-12,18H. The Morgan fingerprint density at radius 2 is 1.21 bits per heavy atom. The highest BCUT2D eigenvalue weighted by molar-refractivity contribution is 5.80. The van der Waals surface area contributed by atoms with Crippen LogP contribution in [0.4, 0.5) is 0 Å². The van der Waals surface area contributed by atoms with Crippen molar-refractivity contribution in [3.05, 3.63) is 89.7 Å². The summed E-state index contributed by atoms with van der Waals surface area (Å²) >= 11 is 0. The van der Waals surface area contributed by atoms with Crippen LogP contribution in [0.25, 0.3) is 11.1 Å². The van der Waals surface area contributed by atoms with Gasteiger partial charge in [-0.3, -0.25) is 4.98 Å². The Balaban J connectivity index is 2.02. The molecule has 0 N–H and O–H groups in total. The zero-order chi connectivity index (χ0) is 12.7. The number of fused-ring (bicyclic) bond motifs is 3. The lowest BCUT2D eigenvalue weighted by Gasteiger charge is -2.12. The molecule has 0 saturated carbocycles. The lowest BCUT2D eigenvalue weighted by Crippen LogP contribution is -2.01. The number of pyridine rings is 1. The fourth-order valence-electron chi connectivity index (χ4n) is 3.02. The van der Waals surface area contributed by atoms with Crippen molar-refractivity contribution in [3.63, 3.8) is 0 Å². The van der Waals surface area contributed by atoms with E-state index in [0.29, 0.717) is 0 Å². The minimum atomic E-state index is 0.272. The first-order valence-corrected chi connectivity index (χ1v) is 6.54. The number of benzene rings is 2. The molecule has 0 atom stereocenters. The number of rotatable bonds is 1. The molecule has 0 unspecified atom stereocenters. The average molecular weight is 243 g/mol. The van der Waals surface area contributed by atoms with Crippen LogP contribution in [0, 0.1) is 0 Å². The highest BCUT2D eigenvalue weighted by atomic mass is 14.7. The second-order valence-corrected chi connectivity index (χ2v) is 4.86. The van der Waals surface area contributed by atoms with Gasteiger partial charge in [0.05, 0.1) is 11.6 Å². The van der Waals surface area contributed by atoms with E-state index in [1.165, 1.54) is 22.3 Å². The van der Waals surface area contributed by atoms with Crippen LogP contribution < -0.4 is 0 Å². The van der Waals surface area contributed by atoms with Crippen molar-refractivity contribution in [2.45, 2.75) is 5.92 Å². The molecular formula is C18H13N. The molecule has 1 heteroatoms. The van der Waals surface area contributed by atoms with Crippen LogP contribution in [-0.2, 0) is 0 Å². The monoisotopic (exact) mass is 243 g/mol. The molecule has 0 fully saturated rings. The van der Waals surface area contributed by atoms with Crippen molar-refractivity contribution < 1.29 is 0 Å². The number of hydrogen-bond acceptors (Lipinski definition) is 1. The third kappa shape index (κ3) is 1.52. The normalized spacial score (nSPS) is 13.1. The first-order valence-electron chi connectivity index (χ1n) is 6.54. The minimum absolute atomic E-state index is 0.272. The van der Waals surface area contributed by atoms with Gasteiger partial charge in [-0.05, 0) is 34.4 Å². The summed E-state index contributed by atoms with van der Waals surface area (Å²) in [5.74, 6) is 0.272. The van der Waals surface area contributed by atoms with Crippen molar-refractivity contribution in [1.29, 1.82) is 0 Å². The Kier molecular flexibility index (Phi) is 2.25.